The third kappa shape index (κ3) is 3.58. The monoisotopic (exact) mass is 317 g/mol. The number of rotatable bonds is 5. The lowest BCUT2D eigenvalue weighted by atomic mass is 10.2. The Hall–Kier alpha value is -1.34. The van der Waals surface area contributed by atoms with Gasteiger partial charge in [-0.1, -0.05) is 0 Å². The van der Waals surface area contributed by atoms with E-state index in [1.165, 1.54) is 10.8 Å². The van der Waals surface area contributed by atoms with Crippen molar-refractivity contribution in [3.05, 3.63) is 26.6 Å². The van der Waals surface area contributed by atoms with Crippen LogP contribution in [0.5, 0.6) is 0 Å². The van der Waals surface area contributed by atoms with Crippen molar-refractivity contribution in [2.75, 3.05) is 26.0 Å². The van der Waals surface area contributed by atoms with E-state index in [0.29, 0.717) is 28.9 Å². The van der Waals surface area contributed by atoms with E-state index in [0.717, 1.165) is 0 Å². The first kappa shape index (κ1) is 14.7. The molecule has 0 aliphatic carbocycles. The van der Waals surface area contributed by atoms with Crippen molar-refractivity contribution in [3.63, 3.8) is 0 Å². The van der Waals surface area contributed by atoms with Crippen molar-refractivity contribution >= 4 is 27.5 Å². The predicted octanol–water partition coefficient (Wildman–Crippen LogP) is 0.264. The number of amides is 1. The van der Waals surface area contributed by atoms with E-state index >= 15 is 0 Å². The zero-order chi connectivity index (χ0) is 13.7. The van der Waals surface area contributed by atoms with Crippen LogP contribution in [0.2, 0.25) is 0 Å². The Morgan fingerprint density at radius 2 is 2.28 bits per heavy atom. The highest BCUT2D eigenvalue weighted by atomic mass is 79.9. The van der Waals surface area contributed by atoms with Gasteiger partial charge in [-0.05, 0) is 28.4 Å². The van der Waals surface area contributed by atoms with E-state index in [2.05, 4.69) is 21.2 Å². The number of anilines is 1. The fourth-order valence-electron chi connectivity index (χ4n) is 1.36. The van der Waals surface area contributed by atoms with Crippen LogP contribution in [-0.2, 0) is 16.1 Å². The largest absolute Gasteiger partial charge is 0.397 e. The molecule has 0 fully saturated rings. The molecule has 0 aliphatic rings. The van der Waals surface area contributed by atoms with E-state index in [-0.39, 0.29) is 18.0 Å². The second kappa shape index (κ2) is 6.55. The minimum atomic E-state index is -0.274. The van der Waals surface area contributed by atoms with Gasteiger partial charge in [0.15, 0.2) is 0 Å². The number of aromatic nitrogens is 1. The third-order valence-corrected chi connectivity index (χ3v) is 3.38. The molecule has 0 bridgehead atoms. The molecule has 0 saturated heterocycles. The minimum Gasteiger partial charge on any atom is -0.397 e. The van der Waals surface area contributed by atoms with E-state index in [9.17, 15) is 9.59 Å². The Bertz CT molecular complexity index is 499. The van der Waals surface area contributed by atoms with Crippen LogP contribution in [0.15, 0.2) is 15.5 Å². The number of ether oxygens (including phenoxy) is 1. The number of methoxy groups -OCH3 is 1. The highest BCUT2D eigenvalue weighted by Crippen LogP contribution is 2.16. The lowest BCUT2D eigenvalue weighted by molar-refractivity contribution is -0.121. The van der Waals surface area contributed by atoms with Crippen molar-refractivity contribution in [2.24, 2.45) is 0 Å². The number of nitrogens with zero attached hydrogens (tertiary/aromatic N) is 1. The van der Waals surface area contributed by atoms with Gasteiger partial charge in [-0.15, -0.1) is 0 Å². The van der Waals surface area contributed by atoms with E-state index in [1.807, 2.05) is 0 Å². The topological polar surface area (TPSA) is 86.3 Å². The summed E-state index contributed by atoms with van der Waals surface area (Å²) in [6.45, 7) is 2.52. The minimum absolute atomic E-state index is 0.0639. The molecule has 0 aromatic carbocycles. The normalized spacial score (nSPS) is 10.4. The molecule has 6 nitrogen and oxygen atoms in total. The maximum absolute atomic E-state index is 11.9. The molecule has 0 saturated carbocycles. The van der Waals surface area contributed by atoms with Crippen LogP contribution >= 0.6 is 15.9 Å². The molecule has 1 aromatic heterocycles. The first-order chi connectivity index (χ1) is 8.47. The average molecular weight is 318 g/mol. The van der Waals surface area contributed by atoms with Gasteiger partial charge in [-0.3, -0.25) is 9.59 Å². The van der Waals surface area contributed by atoms with Gasteiger partial charge in [0, 0.05) is 19.9 Å². The van der Waals surface area contributed by atoms with Gasteiger partial charge in [-0.25, -0.2) is 0 Å². The molecule has 1 rings (SSSR count). The Kier molecular flexibility index (Phi) is 5.36. The zero-order valence-electron chi connectivity index (χ0n) is 10.3. The highest BCUT2D eigenvalue weighted by molar-refractivity contribution is 9.10. The molecular formula is C11H16BrN3O3. The van der Waals surface area contributed by atoms with Crippen LogP contribution in [0.25, 0.3) is 0 Å². The van der Waals surface area contributed by atoms with E-state index in [4.69, 9.17) is 10.5 Å². The van der Waals surface area contributed by atoms with Crippen LogP contribution in [0.3, 0.4) is 0 Å². The van der Waals surface area contributed by atoms with Crippen molar-refractivity contribution in [2.45, 2.75) is 13.5 Å². The number of carbonyl (C=O) groups excluding carboxylic acids is 1. The summed E-state index contributed by atoms with van der Waals surface area (Å²) < 4.78 is 6.46. The number of carbonyl (C=O) groups is 1. The quantitative estimate of drug-likeness (QED) is 0.763. The molecule has 1 heterocycles. The fourth-order valence-corrected chi connectivity index (χ4v) is 1.81. The van der Waals surface area contributed by atoms with Crippen LogP contribution in [0.4, 0.5) is 5.69 Å². The van der Waals surface area contributed by atoms with Gasteiger partial charge in [0.25, 0.3) is 5.56 Å². The highest BCUT2D eigenvalue weighted by Gasteiger charge is 2.10. The summed E-state index contributed by atoms with van der Waals surface area (Å²) in [7, 11) is 1.55. The van der Waals surface area contributed by atoms with Crippen molar-refractivity contribution in [1.82, 2.24) is 9.88 Å². The molecule has 1 aromatic rings. The smallest absolute Gasteiger partial charge is 0.265 e. The summed E-state index contributed by atoms with van der Waals surface area (Å²) in [5.41, 5.74) is 6.61. The SMILES string of the molecule is COCCNC(=O)Cn1cc(N)c(C)c(Br)c1=O. The number of nitrogen functional groups attached to an aromatic ring is 1. The zero-order valence-corrected chi connectivity index (χ0v) is 11.9. The molecule has 7 heteroatoms. The first-order valence-corrected chi connectivity index (χ1v) is 6.17. The fraction of sp³-hybridized carbons (Fsp3) is 0.455. The maximum atomic E-state index is 11.9. The second-order valence-corrected chi connectivity index (χ2v) is 4.59. The van der Waals surface area contributed by atoms with Crippen LogP contribution < -0.4 is 16.6 Å². The average Bonchev–Trinajstić information content (AvgIpc) is 2.33. The van der Waals surface area contributed by atoms with Crippen molar-refractivity contribution in [1.29, 1.82) is 0 Å². The number of nitrogens with two attached hydrogens (primary N) is 1. The van der Waals surface area contributed by atoms with Gasteiger partial charge >= 0.3 is 0 Å². The van der Waals surface area contributed by atoms with Gasteiger partial charge in [-0.2, -0.15) is 0 Å². The standard InChI is InChI=1S/C11H16BrN3O3/c1-7-8(13)5-15(11(17)10(7)12)6-9(16)14-3-4-18-2/h5H,3-4,6,13H2,1-2H3,(H,14,16). The Morgan fingerprint density at radius 3 is 2.89 bits per heavy atom. The summed E-state index contributed by atoms with van der Waals surface area (Å²) in [6, 6.07) is 0. The molecular weight excluding hydrogens is 302 g/mol. The van der Waals surface area contributed by atoms with Gasteiger partial charge in [0.1, 0.15) is 6.54 Å². The number of pyridine rings is 1. The second-order valence-electron chi connectivity index (χ2n) is 3.80. The molecule has 0 radical (unpaired) electrons. The summed E-state index contributed by atoms with van der Waals surface area (Å²) in [6.07, 6.45) is 1.47. The predicted molar refractivity (Wildman–Crippen MR) is 72.4 cm³/mol. The van der Waals surface area contributed by atoms with Gasteiger partial charge in [0.2, 0.25) is 5.91 Å². The lowest BCUT2D eigenvalue weighted by Crippen LogP contribution is -2.34. The first-order valence-electron chi connectivity index (χ1n) is 5.38. The van der Waals surface area contributed by atoms with Crippen LogP contribution in [-0.4, -0.2) is 30.7 Å². The van der Waals surface area contributed by atoms with E-state index < -0.39 is 0 Å². The van der Waals surface area contributed by atoms with Crippen molar-refractivity contribution in [3.8, 4) is 0 Å². The molecule has 0 spiro atoms. The maximum Gasteiger partial charge on any atom is 0.265 e. The Balaban J connectivity index is 2.80. The summed E-state index contributed by atoms with van der Waals surface area (Å²) in [5, 5.41) is 2.63. The van der Waals surface area contributed by atoms with Crippen LogP contribution in [0, 0.1) is 6.92 Å². The summed E-state index contributed by atoms with van der Waals surface area (Å²) in [4.78, 5) is 23.4. The Morgan fingerprint density at radius 1 is 1.61 bits per heavy atom. The molecule has 3 N–H and O–H groups in total. The summed E-state index contributed by atoms with van der Waals surface area (Å²) in [5.74, 6) is -0.260. The Labute approximate surface area is 113 Å². The van der Waals surface area contributed by atoms with Gasteiger partial charge in [0.05, 0.1) is 16.8 Å². The number of nitrogens with one attached hydrogen (secondary N) is 1. The number of hydrogen-bond donors (Lipinski definition) is 2. The van der Waals surface area contributed by atoms with Gasteiger partial charge < -0.3 is 20.4 Å². The van der Waals surface area contributed by atoms with E-state index in [1.54, 1.807) is 14.0 Å². The molecule has 18 heavy (non-hydrogen) atoms. The third-order valence-electron chi connectivity index (χ3n) is 2.45. The molecule has 0 aliphatic heterocycles. The molecule has 0 unspecified atom stereocenters. The van der Waals surface area contributed by atoms with Crippen LogP contribution in [0.1, 0.15) is 5.56 Å². The molecule has 1 amide bonds. The number of halogens is 1. The molecule has 0 atom stereocenters. The summed E-state index contributed by atoms with van der Waals surface area (Å²) >= 11 is 3.17. The van der Waals surface area contributed by atoms with Crippen molar-refractivity contribution < 1.29 is 9.53 Å². The lowest BCUT2D eigenvalue weighted by Gasteiger charge is -2.10. The number of hydrogen-bond acceptors (Lipinski definition) is 4. The molecule has 100 valence electrons.